The molecule has 0 saturated heterocycles. The molecule has 0 aliphatic rings. The number of guanidine groups is 1. The summed E-state index contributed by atoms with van der Waals surface area (Å²) in [4.78, 5) is 7.59. The molecule has 0 saturated carbocycles. The number of aromatic nitrogens is 1. The Morgan fingerprint density at radius 3 is 2.75 bits per heavy atom. The molecule has 4 nitrogen and oxygen atoms in total. The van der Waals surface area contributed by atoms with Gasteiger partial charge in [-0.15, -0.1) is 0 Å². The number of H-pyrrole nitrogens is 1. The van der Waals surface area contributed by atoms with E-state index in [0.29, 0.717) is 13.1 Å². The molecule has 5 heteroatoms. The van der Waals surface area contributed by atoms with Crippen LogP contribution in [0.2, 0.25) is 0 Å². The fourth-order valence-electron chi connectivity index (χ4n) is 2.65. The number of aliphatic imine (C=N–C) groups is 1. The number of nitrogens with one attached hydrogen (secondary N) is 3. The molecular weight excluding hydrogens is 303 g/mol. The van der Waals surface area contributed by atoms with Gasteiger partial charge >= 0.3 is 0 Å². The minimum Gasteiger partial charge on any atom is -0.357 e. The molecule has 124 valence electrons. The number of halogens is 1. The molecule has 3 rings (SSSR count). The average Bonchev–Trinajstić information content (AvgIpc) is 3.01. The van der Waals surface area contributed by atoms with Crippen LogP contribution >= 0.6 is 0 Å². The molecule has 1 heterocycles. The molecule has 0 atom stereocenters. The predicted octanol–water partition coefficient (Wildman–Crippen LogP) is 3.21. The summed E-state index contributed by atoms with van der Waals surface area (Å²) in [7, 11) is 1.74. The van der Waals surface area contributed by atoms with E-state index in [4.69, 9.17) is 0 Å². The van der Waals surface area contributed by atoms with Crippen LogP contribution in [0.5, 0.6) is 0 Å². The van der Waals surface area contributed by atoms with E-state index in [9.17, 15) is 4.39 Å². The van der Waals surface area contributed by atoms with Crippen molar-refractivity contribution in [3.63, 3.8) is 0 Å². The summed E-state index contributed by atoms with van der Waals surface area (Å²) in [6, 6.07) is 17.0. The van der Waals surface area contributed by atoms with Gasteiger partial charge in [-0.25, -0.2) is 4.39 Å². The second kappa shape index (κ2) is 7.64. The third-order valence-electron chi connectivity index (χ3n) is 3.85. The summed E-state index contributed by atoms with van der Waals surface area (Å²) in [5.41, 5.74) is 3.20. The fraction of sp³-hybridized carbons (Fsp3) is 0.211. The van der Waals surface area contributed by atoms with Crippen LogP contribution in [0.4, 0.5) is 4.39 Å². The van der Waals surface area contributed by atoms with Crippen LogP contribution in [0, 0.1) is 5.82 Å². The molecule has 3 N–H and O–H groups in total. The first-order valence-corrected chi connectivity index (χ1v) is 8.00. The first kappa shape index (κ1) is 16.1. The van der Waals surface area contributed by atoms with Crippen molar-refractivity contribution < 1.29 is 4.39 Å². The van der Waals surface area contributed by atoms with Gasteiger partial charge in [-0.1, -0.05) is 30.3 Å². The van der Waals surface area contributed by atoms with Crippen LogP contribution in [0.15, 0.2) is 59.6 Å². The van der Waals surface area contributed by atoms with Gasteiger partial charge in [0.25, 0.3) is 0 Å². The summed E-state index contributed by atoms with van der Waals surface area (Å²) < 4.78 is 13.2. The third-order valence-corrected chi connectivity index (χ3v) is 3.85. The maximum absolute atomic E-state index is 13.2. The largest absolute Gasteiger partial charge is 0.357 e. The van der Waals surface area contributed by atoms with Crippen LogP contribution in [0.3, 0.4) is 0 Å². The Bertz CT molecular complexity index is 805. The summed E-state index contributed by atoms with van der Waals surface area (Å²) in [5.74, 6) is 0.527. The zero-order valence-corrected chi connectivity index (χ0v) is 13.6. The lowest BCUT2D eigenvalue weighted by Gasteiger charge is -2.11. The molecule has 0 bridgehead atoms. The van der Waals surface area contributed by atoms with Gasteiger partial charge in [0.15, 0.2) is 5.96 Å². The molecular formula is C19H21FN4. The molecule has 0 aliphatic heterocycles. The Hall–Kier alpha value is -2.82. The molecule has 0 aliphatic carbocycles. The monoisotopic (exact) mass is 324 g/mol. The predicted molar refractivity (Wildman–Crippen MR) is 96.6 cm³/mol. The Morgan fingerprint density at radius 1 is 1.08 bits per heavy atom. The Labute approximate surface area is 140 Å². The van der Waals surface area contributed by atoms with E-state index in [1.807, 2.05) is 18.2 Å². The minimum atomic E-state index is -0.200. The number of fused-ring (bicyclic) bond motifs is 1. The van der Waals surface area contributed by atoms with Crippen molar-refractivity contribution >= 4 is 16.9 Å². The van der Waals surface area contributed by atoms with Gasteiger partial charge in [0.2, 0.25) is 0 Å². The van der Waals surface area contributed by atoms with Crippen molar-refractivity contribution in [3.05, 3.63) is 71.7 Å². The van der Waals surface area contributed by atoms with Gasteiger partial charge in [0.1, 0.15) is 5.82 Å². The van der Waals surface area contributed by atoms with E-state index in [1.165, 1.54) is 11.5 Å². The molecule has 0 radical (unpaired) electrons. The van der Waals surface area contributed by atoms with Crippen LogP contribution in [-0.2, 0) is 13.0 Å². The molecule has 0 amide bonds. The molecule has 0 unspecified atom stereocenters. The van der Waals surface area contributed by atoms with E-state index >= 15 is 0 Å². The SMILES string of the molecule is CN=C(NCCc1cccc(F)c1)NCc1cc2ccccc2[nH]1. The van der Waals surface area contributed by atoms with Crippen LogP contribution in [-0.4, -0.2) is 24.5 Å². The Morgan fingerprint density at radius 2 is 1.96 bits per heavy atom. The Kier molecular flexibility index (Phi) is 5.11. The number of hydrogen-bond acceptors (Lipinski definition) is 1. The number of aromatic amines is 1. The average molecular weight is 324 g/mol. The van der Waals surface area contributed by atoms with Crippen molar-refractivity contribution in [2.24, 2.45) is 4.99 Å². The van der Waals surface area contributed by atoms with Gasteiger partial charge in [-0.2, -0.15) is 0 Å². The lowest BCUT2D eigenvalue weighted by Crippen LogP contribution is -2.37. The van der Waals surface area contributed by atoms with Crippen molar-refractivity contribution in [1.82, 2.24) is 15.6 Å². The van der Waals surface area contributed by atoms with Crippen LogP contribution in [0.1, 0.15) is 11.3 Å². The normalized spacial score (nSPS) is 11.7. The van der Waals surface area contributed by atoms with E-state index in [-0.39, 0.29) is 5.82 Å². The molecule has 0 fully saturated rings. The standard InChI is InChI=1S/C19H21FN4/c1-21-19(22-10-9-14-5-4-7-16(20)11-14)23-13-17-12-15-6-2-3-8-18(15)24-17/h2-8,11-12,24H,9-10,13H2,1H3,(H2,21,22,23). The zero-order chi connectivity index (χ0) is 16.8. The number of hydrogen-bond donors (Lipinski definition) is 3. The number of rotatable bonds is 5. The molecule has 1 aromatic heterocycles. The molecule has 0 spiro atoms. The van der Waals surface area contributed by atoms with Crippen molar-refractivity contribution in [1.29, 1.82) is 0 Å². The van der Waals surface area contributed by atoms with Gasteiger partial charge < -0.3 is 15.6 Å². The lowest BCUT2D eigenvalue weighted by molar-refractivity contribution is 0.625. The second-order valence-corrected chi connectivity index (χ2v) is 5.61. The smallest absolute Gasteiger partial charge is 0.191 e. The maximum atomic E-state index is 13.2. The van der Waals surface area contributed by atoms with Gasteiger partial charge in [-0.3, -0.25) is 4.99 Å². The first-order valence-electron chi connectivity index (χ1n) is 8.00. The molecule has 2 aromatic carbocycles. The lowest BCUT2D eigenvalue weighted by atomic mass is 10.1. The summed E-state index contributed by atoms with van der Waals surface area (Å²) >= 11 is 0. The summed E-state index contributed by atoms with van der Waals surface area (Å²) in [6.07, 6.45) is 0.741. The zero-order valence-electron chi connectivity index (χ0n) is 13.6. The Balaban J connectivity index is 1.49. The quantitative estimate of drug-likeness (QED) is 0.498. The highest BCUT2D eigenvalue weighted by molar-refractivity contribution is 5.81. The maximum Gasteiger partial charge on any atom is 0.191 e. The number of para-hydroxylation sites is 1. The highest BCUT2D eigenvalue weighted by Crippen LogP contribution is 2.14. The summed E-state index contributed by atoms with van der Waals surface area (Å²) in [5, 5.41) is 7.72. The van der Waals surface area contributed by atoms with E-state index in [1.54, 1.807) is 19.2 Å². The second-order valence-electron chi connectivity index (χ2n) is 5.61. The van der Waals surface area contributed by atoms with Crippen LogP contribution in [0.25, 0.3) is 10.9 Å². The highest BCUT2D eigenvalue weighted by atomic mass is 19.1. The topological polar surface area (TPSA) is 52.2 Å². The van der Waals surface area contributed by atoms with E-state index < -0.39 is 0 Å². The van der Waals surface area contributed by atoms with E-state index in [2.05, 4.69) is 38.8 Å². The van der Waals surface area contributed by atoms with Gasteiger partial charge in [0, 0.05) is 24.8 Å². The molecule has 3 aromatic rings. The van der Waals surface area contributed by atoms with Crippen molar-refractivity contribution in [2.45, 2.75) is 13.0 Å². The van der Waals surface area contributed by atoms with Crippen LogP contribution < -0.4 is 10.6 Å². The van der Waals surface area contributed by atoms with Gasteiger partial charge in [-0.05, 0) is 41.6 Å². The van der Waals surface area contributed by atoms with Crippen molar-refractivity contribution in [3.8, 4) is 0 Å². The first-order chi connectivity index (χ1) is 11.7. The molecule has 24 heavy (non-hydrogen) atoms. The minimum absolute atomic E-state index is 0.200. The van der Waals surface area contributed by atoms with Gasteiger partial charge in [0.05, 0.1) is 6.54 Å². The van der Waals surface area contributed by atoms with Crippen molar-refractivity contribution in [2.75, 3.05) is 13.6 Å². The number of benzene rings is 2. The fourth-order valence-corrected chi connectivity index (χ4v) is 2.65. The highest BCUT2D eigenvalue weighted by Gasteiger charge is 2.02. The van der Waals surface area contributed by atoms with E-state index in [0.717, 1.165) is 29.2 Å². The summed E-state index contributed by atoms with van der Waals surface area (Å²) in [6.45, 7) is 1.35. The third kappa shape index (κ3) is 4.13. The number of nitrogens with zero attached hydrogens (tertiary/aromatic N) is 1.